The molecule has 1 unspecified atom stereocenters. The van der Waals surface area contributed by atoms with Gasteiger partial charge in [0.15, 0.2) is 0 Å². The summed E-state index contributed by atoms with van der Waals surface area (Å²) in [6, 6.07) is 14.9. The molecule has 1 amide bonds. The highest BCUT2D eigenvalue weighted by Crippen LogP contribution is 2.31. The highest BCUT2D eigenvalue weighted by molar-refractivity contribution is 8.13. The van der Waals surface area contributed by atoms with Gasteiger partial charge >= 0.3 is 0 Å². The summed E-state index contributed by atoms with van der Waals surface area (Å²) in [6.07, 6.45) is 2.14. The van der Waals surface area contributed by atoms with E-state index >= 15 is 0 Å². The highest BCUT2D eigenvalue weighted by atomic mass is 32.2. The molecule has 0 saturated heterocycles. The summed E-state index contributed by atoms with van der Waals surface area (Å²) in [7, 11) is 0. The quantitative estimate of drug-likeness (QED) is 0.635. The van der Waals surface area contributed by atoms with Crippen molar-refractivity contribution in [2.45, 2.75) is 57.5 Å². The van der Waals surface area contributed by atoms with Crippen molar-refractivity contribution in [2.75, 3.05) is 0 Å². The monoisotopic (exact) mass is 315 g/mol. The van der Waals surface area contributed by atoms with Gasteiger partial charge in [-0.25, -0.2) is 0 Å². The molecule has 0 fully saturated rings. The third-order valence-corrected chi connectivity index (χ3v) is 4.86. The molecule has 0 N–H and O–H groups in total. The highest BCUT2D eigenvalue weighted by Gasteiger charge is 2.23. The second-order valence-electron chi connectivity index (χ2n) is 5.98. The third kappa shape index (κ3) is 3.83. The maximum Gasteiger partial charge on any atom is 0.286 e. The molecular weight excluding hydrogens is 290 g/mol. The van der Waals surface area contributed by atoms with E-state index in [4.69, 9.17) is 0 Å². The fourth-order valence-corrected chi connectivity index (χ4v) is 4.01. The molecule has 0 aliphatic heterocycles. The van der Waals surface area contributed by atoms with Gasteiger partial charge in [-0.3, -0.25) is 4.79 Å². The Morgan fingerprint density at radius 3 is 2.45 bits per heavy atom. The molecule has 2 rings (SSSR count). The molecule has 0 aliphatic rings. The minimum absolute atomic E-state index is 0.146. The van der Waals surface area contributed by atoms with E-state index in [0.717, 1.165) is 23.1 Å². The van der Waals surface area contributed by atoms with E-state index in [1.807, 2.05) is 29.2 Å². The topological polar surface area (TPSA) is 20.3 Å². The smallest absolute Gasteiger partial charge is 0.286 e. The normalized spacial score (nSPS) is 12.6. The number of hydrogen-bond donors (Lipinski definition) is 0. The number of nitrogens with zero attached hydrogens (tertiary/aromatic N) is 1. The first-order valence-electron chi connectivity index (χ1n) is 8.02. The Kier molecular flexibility index (Phi) is 5.90. The van der Waals surface area contributed by atoms with Crippen LogP contribution in [0.15, 0.2) is 47.4 Å². The van der Waals surface area contributed by atoms with E-state index in [1.54, 1.807) is 0 Å². The van der Waals surface area contributed by atoms with Crippen molar-refractivity contribution in [2.24, 2.45) is 0 Å². The first kappa shape index (κ1) is 16.9. The van der Waals surface area contributed by atoms with Crippen LogP contribution in [0.2, 0.25) is 0 Å². The summed E-state index contributed by atoms with van der Waals surface area (Å²) in [5, 5.41) is 2.47. The van der Waals surface area contributed by atoms with Gasteiger partial charge in [-0.05, 0) is 55.8 Å². The zero-order valence-corrected chi connectivity index (χ0v) is 14.7. The number of hydrogen-bond acceptors (Lipinski definition) is 2. The minimum atomic E-state index is 0.146. The lowest BCUT2D eigenvalue weighted by Gasteiger charge is -2.32. The molecule has 0 aliphatic carbocycles. The second kappa shape index (κ2) is 7.68. The molecular formula is C19H25NOS. The predicted octanol–water partition coefficient (Wildman–Crippen LogP) is 5.95. The SMILES string of the molecule is CCCC(C)N(C(=O)Sc1cccc2ccccc12)C(C)C. The van der Waals surface area contributed by atoms with Gasteiger partial charge in [-0.2, -0.15) is 0 Å². The largest absolute Gasteiger partial charge is 0.328 e. The van der Waals surface area contributed by atoms with Gasteiger partial charge in [0.25, 0.3) is 5.24 Å². The van der Waals surface area contributed by atoms with Crippen LogP contribution in [0.25, 0.3) is 10.8 Å². The van der Waals surface area contributed by atoms with Crippen molar-refractivity contribution in [3.63, 3.8) is 0 Å². The van der Waals surface area contributed by atoms with E-state index in [9.17, 15) is 4.79 Å². The molecule has 0 bridgehead atoms. The molecule has 2 aromatic carbocycles. The predicted molar refractivity (Wildman–Crippen MR) is 96.5 cm³/mol. The Balaban J connectivity index is 2.25. The fourth-order valence-electron chi connectivity index (χ4n) is 2.89. The van der Waals surface area contributed by atoms with Gasteiger partial charge in [0.1, 0.15) is 0 Å². The Morgan fingerprint density at radius 1 is 1.09 bits per heavy atom. The van der Waals surface area contributed by atoms with Crippen molar-refractivity contribution in [3.05, 3.63) is 42.5 Å². The van der Waals surface area contributed by atoms with Crippen LogP contribution in [0.5, 0.6) is 0 Å². The zero-order valence-electron chi connectivity index (χ0n) is 13.9. The van der Waals surface area contributed by atoms with Crippen LogP contribution in [-0.4, -0.2) is 22.2 Å². The van der Waals surface area contributed by atoms with E-state index in [0.29, 0.717) is 0 Å². The first-order valence-corrected chi connectivity index (χ1v) is 8.84. The number of carbonyl (C=O) groups excluding carboxylic acids is 1. The molecule has 2 aromatic rings. The van der Waals surface area contributed by atoms with Crippen LogP contribution in [0.4, 0.5) is 4.79 Å². The van der Waals surface area contributed by atoms with Crippen molar-refractivity contribution in [3.8, 4) is 0 Å². The Hall–Kier alpha value is -1.48. The lowest BCUT2D eigenvalue weighted by molar-refractivity contribution is 0.179. The molecule has 0 spiro atoms. The summed E-state index contributed by atoms with van der Waals surface area (Å²) < 4.78 is 0. The van der Waals surface area contributed by atoms with Crippen LogP contribution >= 0.6 is 11.8 Å². The van der Waals surface area contributed by atoms with Crippen LogP contribution < -0.4 is 0 Å². The van der Waals surface area contributed by atoms with Crippen molar-refractivity contribution < 1.29 is 4.79 Å². The van der Waals surface area contributed by atoms with Crippen LogP contribution in [0.1, 0.15) is 40.5 Å². The van der Waals surface area contributed by atoms with E-state index in [1.165, 1.54) is 17.1 Å². The first-order chi connectivity index (χ1) is 10.5. The molecule has 1 atom stereocenters. The average molecular weight is 315 g/mol. The number of amides is 1. The Labute approximate surface area is 137 Å². The number of benzene rings is 2. The molecule has 2 nitrogen and oxygen atoms in total. The van der Waals surface area contributed by atoms with Crippen LogP contribution in [0.3, 0.4) is 0 Å². The third-order valence-electron chi connectivity index (χ3n) is 3.90. The van der Waals surface area contributed by atoms with Crippen molar-refractivity contribution in [1.82, 2.24) is 4.90 Å². The molecule has 0 saturated carbocycles. The standard InChI is InChI=1S/C19H25NOS/c1-5-9-15(4)20(14(2)3)19(21)22-18-13-8-11-16-10-6-7-12-17(16)18/h6-8,10-15H,5,9H2,1-4H3. The number of rotatable bonds is 5. The van der Waals surface area contributed by atoms with Crippen LogP contribution in [-0.2, 0) is 0 Å². The summed E-state index contributed by atoms with van der Waals surface area (Å²) in [4.78, 5) is 15.9. The lowest BCUT2D eigenvalue weighted by Crippen LogP contribution is -2.41. The van der Waals surface area contributed by atoms with E-state index in [-0.39, 0.29) is 17.3 Å². The van der Waals surface area contributed by atoms with E-state index < -0.39 is 0 Å². The Morgan fingerprint density at radius 2 is 1.77 bits per heavy atom. The molecule has 0 radical (unpaired) electrons. The van der Waals surface area contributed by atoms with E-state index in [2.05, 4.69) is 45.9 Å². The van der Waals surface area contributed by atoms with Crippen LogP contribution in [0, 0.1) is 0 Å². The molecule has 0 heterocycles. The molecule has 118 valence electrons. The molecule has 3 heteroatoms. The summed E-state index contributed by atoms with van der Waals surface area (Å²) in [5.74, 6) is 0. The van der Waals surface area contributed by atoms with Gasteiger partial charge in [0.2, 0.25) is 0 Å². The number of fused-ring (bicyclic) bond motifs is 1. The maximum absolute atomic E-state index is 12.8. The van der Waals surface area contributed by atoms with Crippen molar-refractivity contribution in [1.29, 1.82) is 0 Å². The summed E-state index contributed by atoms with van der Waals surface area (Å²) in [5.41, 5.74) is 0. The fraction of sp³-hybridized carbons (Fsp3) is 0.421. The van der Waals surface area contributed by atoms with Gasteiger partial charge in [0, 0.05) is 17.0 Å². The Bertz CT molecular complexity index is 633. The summed E-state index contributed by atoms with van der Waals surface area (Å²) >= 11 is 1.35. The van der Waals surface area contributed by atoms with Gasteiger partial charge in [-0.15, -0.1) is 0 Å². The lowest BCUT2D eigenvalue weighted by atomic mass is 10.1. The number of carbonyl (C=O) groups is 1. The maximum atomic E-state index is 12.8. The average Bonchev–Trinajstić information content (AvgIpc) is 2.47. The van der Waals surface area contributed by atoms with Gasteiger partial charge in [0.05, 0.1) is 0 Å². The van der Waals surface area contributed by atoms with Crippen molar-refractivity contribution >= 4 is 27.8 Å². The minimum Gasteiger partial charge on any atom is -0.328 e. The van der Waals surface area contributed by atoms with Gasteiger partial charge in [-0.1, -0.05) is 49.7 Å². The van der Waals surface area contributed by atoms with Gasteiger partial charge < -0.3 is 4.90 Å². The molecule has 22 heavy (non-hydrogen) atoms. The number of thioether (sulfide) groups is 1. The second-order valence-corrected chi connectivity index (χ2v) is 6.98. The molecule has 0 aromatic heterocycles. The summed E-state index contributed by atoms with van der Waals surface area (Å²) in [6.45, 7) is 8.49. The zero-order chi connectivity index (χ0) is 16.1.